The Bertz CT molecular complexity index is 424. The SMILES string of the molecule is NCc1cnc(C2CCS(=O)(=O)C2)s1. The second-order valence-corrected chi connectivity index (χ2v) is 6.84. The number of rotatable bonds is 2. The van der Waals surface area contributed by atoms with Gasteiger partial charge in [-0.2, -0.15) is 0 Å². The molecule has 0 aromatic carbocycles. The fourth-order valence-corrected chi connectivity index (χ4v) is 4.38. The summed E-state index contributed by atoms with van der Waals surface area (Å²) in [7, 11) is -2.81. The van der Waals surface area contributed by atoms with E-state index in [9.17, 15) is 8.42 Å². The third-order valence-electron chi connectivity index (χ3n) is 2.35. The van der Waals surface area contributed by atoms with Crippen molar-refractivity contribution in [2.24, 2.45) is 5.73 Å². The molecule has 0 aliphatic carbocycles. The molecule has 1 saturated heterocycles. The zero-order valence-electron chi connectivity index (χ0n) is 7.64. The van der Waals surface area contributed by atoms with Gasteiger partial charge in [-0.3, -0.25) is 0 Å². The van der Waals surface area contributed by atoms with Crippen LogP contribution < -0.4 is 5.73 Å². The highest BCUT2D eigenvalue weighted by molar-refractivity contribution is 7.91. The average molecular weight is 232 g/mol. The maximum Gasteiger partial charge on any atom is 0.151 e. The second kappa shape index (κ2) is 3.60. The van der Waals surface area contributed by atoms with Crippen molar-refractivity contribution < 1.29 is 8.42 Å². The lowest BCUT2D eigenvalue weighted by Gasteiger charge is -2.00. The topological polar surface area (TPSA) is 73.0 Å². The van der Waals surface area contributed by atoms with Gasteiger partial charge in [-0.05, 0) is 6.42 Å². The van der Waals surface area contributed by atoms with Gasteiger partial charge in [0, 0.05) is 23.5 Å². The predicted octanol–water partition coefficient (Wildman–Crippen LogP) is 0.504. The van der Waals surface area contributed by atoms with Crippen LogP contribution in [0.25, 0.3) is 0 Å². The van der Waals surface area contributed by atoms with Gasteiger partial charge in [0.05, 0.1) is 16.5 Å². The summed E-state index contributed by atoms with van der Waals surface area (Å²) in [5.74, 6) is 0.657. The molecule has 2 heterocycles. The van der Waals surface area contributed by atoms with Crippen LogP contribution in [-0.4, -0.2) is 24.9 Å². The molecular weight excluding hydrogens is 220 g/mol. The summed E-state index contributed by atoms with van der Waals surface area (Å²) in [6.07, 6.45) is 2.45. The summed E-state index contributed by atoms with van der Waals surface area (Å²) in [6.45, 7) is 0.483. The average Bonchev–Trinajstić information content (AvgIpc) is 2.70. The van der Waals surface area contributed by atoms with Crippen molar-refractivity contribution >= 4 is 21.2 Å². The molecule has 4 nitrogen and oxygen atoms in total. The maximum absolute atomic E-state index is 11.2. The lowest BCUT2D eigenvalue weighted by Crippen LogP contribution is -2.03. The van der Waals surface area contributed by atoms with Crippen LogP contribution in [0, 0.1) is 0 Å². The third-order valence-corrected chi connectivity index (χ3v) is 5.30. The van der Waals surface area contributed by atoms with E-state index in [2.05, 4.69) is 4.98 Å². The van der Waals surface area contributed by atoms with Crippen molar-refractivity contribution in [3.05, 3.63) is 16.1 Å². The molecular formula is C8H12N2O2S2. The van der Waals surface area contributed by atoms with Crippen molar-refractivity contribution in [1.29, 1.82) is 0 Å². The Morgan fingerprint density at radius 3 is 2.93 bits per heavy atom. The lowest BCUT2D eigenvalue weighted by atomic mass is 10.1. The molecule has 1 atom stereocenters. The standard InChI is InChI=1S/C8H12N2O2S2/c9-3-7-4-10-8(13-7)6-1-2-14(11,12)5-6/h4,6H,1-3,5,9H2. The number of nitrogens with zero attached hydrogens (tertiary/aromatic N) is 1. The Balaban J connectivity index is 2.17. The lowest BCUT2D eigenvalue weighted by molar-refractivity contribution is 0.601. The first-order chi connectivity index (χ1) is 6.61. The second-order valence-electron chi connectivity index (χ2n) is 3.47. The van der Waals surface area contributed by atoms with Gasteiger partial charge in [-0.1, -0.05) is 0 Å². The molecule has 0 amide bonds. The van der Waals surface area contributed by atoms with E-state index in [1.807, 2.05) is 0 Å². The summed E-state index contributed by atoms with van der Waals surface area (Å²) in [5, 5.41) is 0.923. The van der Waals surface area contributed by atoms with Crippen molar-refractivity contribution in [3.63, 3.8) is 0 Å². The fraction of sp³-hybridized carbons (Fsp3) is 0.625. The van der Waals surface area contributed by atoms with Gasteiger partial charge in [0.1, 0.15) is 0 Å². The quantitative estimate of drug-likeness (QED) is 0.806. The van der Waals surface area contributed by atoms with Gasteiger partial charge >= 0.3 is 0 Å². The van der Waals surface area contributed by atoms with Gasteiger partial charge < -0.3 is 5.73 Å². The first kappa shape index (κ1) is 10.1. The summed E-state index contributed by atoms with van der Waals surface area (Å²) >= 11 is 1.53. The first-order valence-corrected chi connectivity index (χ1v) is 7.09. The molecule has 1 unspecified atom stereocenters. The molecule has 6 heteroatoms. The molecule has 1 aromatic rings. The van der Waals surface area contributed by atoms with Crippen molar-refractivity contribution in [2.45, 2.75) is 18.9 Å². The summed E-state index contributed by atoms with van der Waals surface area (Å²) in [4.78, 5) is 5.23. The predicted molar refractivity (Wildman–Crippen MR) is 56.0 cm³/mol. The highest BCUT2D eigenvalue weighted by Gasteiger charge is 2.30. The Morgan fingerprint density at radius 1 is 1.64 bits per heavy atom. The van der Waals surface area contributed by atoms with Gasteiger partial charge in [-0.15, -0.1) is 11.3 Å². The zero-order valence-corrected chi connectivity index (χ0v) is 9.27. The molecule has 2 rings (SSSR count). The van der Waals surface area contributed by atoms with E-state index in [4.69, 9.17) is 5.73 Å². The normalized spacial score (nSPS) is 25.4. The van der Waals surface area contributed by atoms with Crippen molar-refractivity contribution in [1.82, 2.24) is 4.98 Å². The molecule has 0 bridgehead atoms. The summed E-state index contributed by atoms with van der Waals surface area (Å²) < 4.78 is 22.5. The van der Waals surface area contributed by atoms with Gasteiger partial charge in [-0.25, -0.2) is 13.4 Å². The molecule has 2 N–H and O–H groups in total. The fourth-order valence-electron chi connectivity index (χ4n) is 1.60. The molecule has 0 radical (unpaired) electrons. The van der Waals surface area contributed by atoms with E-state index in [-0.39, 0.29) is 11.7 Å². The molecule has 78 valence electrons. The van der Waals surface area contributed by atoms with Crippen LogP contribution in [0.3, 0.4) is 0 Å². The number of sulfone groups is 1. The van der Waals surface area contributed by atoms with E-state index >= 15 is 0 Å². The third kappa shape index (κ3) is 1.97. The number of nitrogens with two attached hydrogens (primary N) is 1. The summed E-state index contributed by atoms with van der Waals surface area (Å²) in [5.41, 5.74) is 5.47. The zero-order chi connectivity index (χ0) is 10.2. The minimum Gasteiger partial charge on any atom is -0.326 e. The Hall–Kier alpha value is -0.460. The number of hydrogen-bond acceptors (Lipinski definition) is 5. The van der Waals surface area contributed by atoms with Crippen LogP contribution in [0.4, 0.5) is 0 Å². The molecule has 1 aliphatic heterocycles. The first-order valence-electron chi connectivity index (χ1n) is 4.46. The van der Waals surface area contributed by atoms with Crippen LogP contribution >= 0.6 is 11.3 Å². The van der Waals surface area contributed by atoms with Crippen LogP contribution in [0.15, 0.2) is 6.20 Å². The van der Waals surface area contributed by atoms with Crippen molar-refractivity contribution in [2.75, 3.05) is 11.5 Å². The Kier molecular flexibility index (Phi) is 2.59. The van der Waals surface area contributed by atoms with Crippen molar-refractivity contribution in [3.8, 4) is 0 Å². The molecule has 14 heavy (non-hydrogen) atoms. The minimum atomic E-state index is -2.81. The minimum absolute atomic E-state index is 0.102. The van der Waals surface area contributed by atoms with E-state index in [1.165, 1.54) is 11.3 Å². The Morgan fingerprint density at radius 2 is 2.43 bits per heavy atom. The number of thiazole rings is 1. The monoisotopic (exact) mass is 232 g/mol. The smallest absolute Gasteiger partial charge is 0.151 e. The highest BCUT2D eigenvalue weighted by atomic mass is 32.2. The van der Waals surface area contributed by atoms with Gasteiger partial charge in [0.2, 0.25) is 0 Å². The van der Waals surface area contributed by atoms with E-state index in [1.54, 1.807) is 6.20 Å². The molecule has 1 aromatic heterocycles. The summed E-state index contributed by atoms with van der Waals surface area (Å²) in [6, 6.07) is 0. The van der Waals surface area contributed by atoms with Crippen LogP contribution in [0.1, 0.15) is 22.2 Å². The van der Waals surface area contributed by atoms with Crippen LogP contribution in [-0.2, 0) is 16.4 Å². The molecule has 0 spiro atoms. The van der Waals surface area contributed by atoms with E-state index in [0.717, 1.165) is 9.88 Å². The number of hydrogen-bond donors (Lipinski definition) is 1. The van der Waals surface area contributed by atoms with E-state index < -0.39 is 9.84 Å². The number of aromatic nitrogens is 1. The Labute approximate surface area is 87.1 Å². The van der Waals surface area contributed by atoms with Crippen LogP contribution in [0.2, 0.25) is 0 Å². The molecule has 1 aliphatic rings. The molecule has 1 fully saturated rings. The van der Waals surface area contributed by atoms with Gasteiger partial charge in [0.15, 0.2) is 9.84 Å². The highest BCUT2D eigenvalue weighted by Crippen LogP contribution is 2.31. The van der Waals surface area contributed by atoms with E-state index in [0.29, 0.717) is 18.7 Å². The molecule has 0 saturated carbocycles. The van der Waals surface area contributed by atoms with Gasteiger partial charge in [0.25, 0.3) is 0 Å². The largest absolute Gasteiger partial charge is 0.326 e. The van der Waals surface area contributed by atoms with Crippen LogP contribution in [0.5, 0.6) is 0 Å². The maximum atomic E-state index is 11.2.